The van der Waals surface area contributed by atoms with Crippen LogP contribution < -0.4 is 5.32 Å². The van der Waals surface area contributed by atoms with Gasteiger partial charge in [-0.05, 0) is 38.3 Å². The zero-order valence-corrected chi connectivity index (χ0v) is 13.9. The molecule has 0 saturated heterocycles. The molecular formula is C17H22FN3O3. The number of carbonyl (C=O) groups is 1. The van der Waals surface area contributed by atoms with Gasteiger partial charge in [-0.2, -0.15) is 4.98 Å². The van der Waals surface area contributed by atoms with Crippen LogP contribution in [0.5, 0.6) is 0 Å². The van der Waals surface area contributed by atoms with Gasteiger partial charge in [0.15, 0.2) is 0 Å². The molecule has 1 aromatic carbocycles. The van der Waals surface area contributed by atoms with E-state index in [0.29, 0.717) is 35.7 Å². The molecule has 0 fully saturated rings. The Balaban J connectivity index is 1.87. The highest BCUT2D eigenvalue weighted by Gasteiger charge is 2.13. The number of benzene rings is 1. The summed E-state index contributed by atoms with van der Waals surface area (Å²) in [5.74, 6) is 0.210. The molecular weight excluding hydrogens is 313 g/mol. The molecule has 24 heavy (non-hydrogen) atoms. The van der Waals surface area contributed by atoms with E-state index in [1.54, 1.807) is 19.1 Å². The van der Waals surface area contributed by atoms with Gasteiger partial charge in [0.2, 0.25) is 17.6 Å². The van der Waals surface area contributed by atoms with Crippen LogP contribution in [0.4, 0.5) is 4.39 Å². The molecule has 0 aliphatic carbocycles. The van der Waals surface area contributed by atoms with Crippen LogP contribution in [0.15, 0.2) is 22.7 Å². The fourth-order valence-electron chi connectivity index (χ4n) is 2.24. The third-order valence-electron chi connectivity index (χ3n) is 3.67. The Morgan fingerprint density at radius 2 is 2.25 bits per heavy atom. The van der Waals surface area contributed by atoms with Gasteiger partial charge in [-0.25, -0.2) is 4.39 Å². The molecule has 6 nitrogen and oxygen atoms in total. The summed E-state index contributed by atoms with van der Waals surface area (Å²) >= 11 is 0. The van der Waals surface area contributed by atoms with Gasteiger partial charge in [0.1, 0.15) is 5.82 Å². The Morgan fingerprint density at radius 3 is 2.96 bits per heavy atom. The summed E-state index contributed by atoms with van der Waals surface area (Å²) in [6.07, 6.45) is 1.93. The van der Waals surface area contributed by atoms with E-state index >= 15 is 0 Å². The van der Waals surface area contributed by atoms with Crippen molar-refractivity contribution in [1.82, 2.24) is 15.5 Å². The predicted molar refractivity (Wildman–Crippen MR) is 86.7 cm³/mol. The summed E-state index contributed by atoms with van der Waals surface area (Å²) in [7, 11) is 0. The smallest absolute Gasteiger partial charge is 0.227 e. The van der Waals surface area contributed by atoms with Crippen LogP contribution in [-0.2, 0) is 11.2 Å². The number of rotatable bonds is 8. The van der Waals surface area contributed by atoms with E-state index in [9.17, 15) is 9.18 Å². The Kier molecular flexibility index (Phi) is 6.43. The zero-order chi connectivity index (χ0) is 17.5. The molecule has 2 N–H and O–H groups in total. The molecule has 1 amide bonds. The van der Waals surface area contributed by atoms with Gasteiger partial charge < -0.3 is 14.9 Å². The first-order valence-corrected chi connectivity index (χ1v) is 7.99. The number of amides is 1. The summed E-state index contributed by atoms with van der Waals surface area (Å²) < 4.78 is 18.7. The highest BCUT2D eigenvalue weighted by Crippen LogP contribution is 2.19. The quantitative estimate of drug-likeness (QED) is 0.773. The topological polar surface area (TPSA) is 88.2 Å². The number of nitrogens with zero attached hydrogens (tertiary/aromatic N) is 2. The van der Waals surface area contributed by atoms with Gasteiger partial charge in [0, 0.05) is 31.1 Å². The van der Waals surface area contributed by atoms with E-state index < -0.39 is 0 Å². The minimum atomic E-state index is -0.324. The molecule has 0 aliphatic heterocycles. The maximum Gasteiger partial charge on any atom is 0.227 e. The Hall–Kier alpha value is -2.28. The number of nitrogens with one attached hydrogen (secondary N) is 1. The number of aromatic nitrogens is 2. The van der Waals surface area contributed by atoms with Crippen LogP contribution in [0.3, 0.4) is 0 Å². The van der Waals surface area contributed by atoms with Gasteiger partial charge >= 0.3 is 0 Å². The summed E-state index contributed by atoms with van der Waals surface area (Å²) in [6, 6.07) is 4.75. The third-order valence-corrected chi connectivity index (χ3v) is 3.67. The van der Waals surface area contributed by atoms with Gasteiger partial charge in [0.25, 0.3) is 0 Å². The SMILES string of the molecule is Cc1ccc(-c2noc(CCC(=O)NC(C)CCCO)n2)cc1F. The lowest BCUT2D eigenvalue weighted by Gasteiger charge is -2.12. The van der Waals surface area contributed by atoms with E-state index in [1.165, 1.54) is 6.07 Å². The first-order chi connectivity index (χ1) is 11.5. The van der Waals surface area contributed by atoms with Crippen LogP contribution >= 0.6 is 0 Å². The van der Waals surface area contributed by atoms with Gasteiger partial charge in [-0.3, -0.25) is 4.79 Å². The van der Waals surface area contributed by atoms with Crippen molar-refractivity contribution < 1.29 is 18.8 Å². The molecule has 1 atom stereocenters. The number of aliphatic hydroxyl groups excluding tert-OH is 1. The maximum atomic E-state index is 13.6. The number of aliphatic hydroxyl groups is 1. The average Bonchev–Trinajstić information content (AvgIpc) is 3.02. The van der Waals surface area contributed by atoms with E-state index in [4.69, 9.17) is 9.63 Å². The van der Waals surface area contributed by atoms with Gasteiger partial charge in [-0.15, -0.1) is 0 Å². The van der Waals surface area contributed by atoms with Crippen molar-refractivity contribution in [3.8, 4) is 11.4 Å². The summed E-state index contributed by atoms with van der Waals surface area (Å²) in [6.45, 7) is 3.69. The second kappa shape index (κ2) is 8.54. The van der Waals surface area contributed by atoms with Crippen molar-refractivity contribution in [3.63, 3.8) is 0 Å². The van der Waals surface area contributed by atoms with Gasteiger partial charge in [-0.1, -0.05) is 17.3 Å². The molecule has 0 bridgehead atoms. The fraction of sp³-hybridized carbons (Fsp3) is 0.471. The van der Waals surface area contributed by atoms with Crippen LogP contribution in [0.2, 0.25) is 0 Å². The number of carbonyl (C=O) groups excluding carboxylic acids is 1. The minimum Gasteiger partial charge on any atom is -0.396 e. The first-order valence-electron chi connectivity index (χ1n) is 7.99. The van der Waals surface area contributed by atoms with Crippen LogP contribution in [0.25, 0.3) is 11.4 Å². The van der Waals surface area contributed by atoms with Crippen molar-refractivity contribution in [2.24, 2.45) is 0 Å². The first kappa shape index (κ1) is 18.1. The Bertz CT molecular complexity index is 687. The van der Waals surface area contributed by atoms with Crippen molar-refractivity contribution in [2.75, 3.05) is 6.61 Å². The number of hydrogen-bond donors (Lipinski definition) is 2. The molecule has 1 aromatic heterocycles. The normalized spacial score (nSPS) is 12.2. The van der Waals surface area contributed by atoms with Crippen LogP contribution in [0.1, 0.15) is 37.6 Å². The van der Waals surface area contributed by atoms with Crippen molar-refractivity contribution in [3.05, 3.63) is 35.5 Å². The minimum absolute atomic E-state index is 0.0124. The Labute approximate surface area is 140 Å². The number of hydrogen-bond acceptors (Lipinski definition) is 5. The molecule has 2 aromatic rings. The molecule has 7 heteroatoms. The summed E-state index contributed by atoms with van der Waals surface area (Å²) in [5.41, 5.74) is 1.09. The summed E-state index contributed by atoms with van der Waals surface area (Å²) in [5, 5.41) is 15.4. The summed E-state index contributed by atoms with van der Waals surface area (Å²) in [4.78, 5) is 16.0. The molecule has 1 heterocycles. The number of aryl methyl sites for hydroxylation is 2. The molecule has 0 aliphatic rings. The lowest BCUT2D eigenvalue weighted by Crippen LogP contribution is -2.32. The average molecular weight is 335 g/mol. The Morgan fingerprint density at radius 1 is 1.46 bits per heavy atom. The zero-order valence-electron chi connectivity index (χ0n) is 13.9. The molecule has 2 rings (SSSR count). The molecule has 0 spiro atoms. The van der Waals surface area contributed by atoms with Crippen molar-refractivity contribution in [1.29, 1.82) is 0 Å². The molecule has 1 unspecified atom stereocenters. The van der Waals surface area contributed by atoms with Gasteiger partial charge in [0.05, 0.1) is 0 Å². The second-order valence-electron chi connectivity index (χ2n) is 5.81. The van der Waals surface area contributed by atoms with E-state index in [2.05, 4.69) is 15.5 Å². The van der Waals surface area contributed by atoms with E-state index in [0.717, 1.165) is 6.42 Å². The lowest BCUT2D eigenvalue weighted by molar-refractivity contribution is -0.121. The van der Waals surface area contributed by atoms with Crippen molar-refractivity contribution >= 4 is 5.91 Å². The van der Waals surface area contributed by atoms with E-state index in [-0.39, 0.29) is 30.8 Å². The van der Waals surface area contributed by atoms with Crippen molar-refractivity contribution in [2.45, 2.75) is 45.6 Å². The lowest BCUT2D eigenvalue weighted by atomic mass is 10.1. The highest BCUT2D eigenvalue weighted by molar-refractivity contribution is 5.76. The molecule has 0 saturated carbocycles. The molecule has 130 valence electrons. The predicted octanol–water partition coefficient (Wildman–Crippen LogP) is 2.39. The van der Waals surface area contributed by atoms with Crippen LogP contribution in [0, 0.1) is 12.7 Å². The fourth-order valence-corrected chi connectivity index (χ4v) is 2.24. The molecule has 0 radical (unpaired) electrons. The third kappa shape index (κ3) is 5.13. The van der Waals surface area contributed by atoms with E-state index in [1.807, 2.05) is 6.92 Å². The monoisotopic (exact) mass is 335 g/mol. The number of halogens is 1. The van der Waals surface area contributed by atoms with Crippen LogP contribution in [-0.4, -0.2) is 33.8 Å². The second-order valence-corrected chi connectivity index (χ2v) is 5.81. The highest BCUT2D eigenvalue weighted by atomic mass is 19.1. The largest absolute Gasteiger partial charge is 0.396 e. The maximum absolute atomic E-state index is 13.6. The standard InChI is InChI=1S/C17H22FN3O3/c1-11-5-6-13(10-14(11)18)17-20-16(24-21-17)8-7-15(23)19-12(2)4-3-9-22/h5-6,10,12,22H,3-4,7-9H2,1-2H3,(H,19,23).